The minimum absolute atomic E-state index is 0.0299. The summed E-state index contributed by atoms with van der Waals surface area (Å²) >= 11 is 0. The zero-order valence-electron chi connectivity index (χ0n) is 10.7. The molecule has 1 rings (SSSR count). The smallest absolute Gasteiger partial charge is 0.423 e. The Morgan fingerprint density at radius 1 is 1.14 bits per heavy atom. The summed E-state index contributed by atoms with van der Waals surface area (Å²) in [6.07, 6.45) is -15.7. The molecule has 0 atom stereocenters. The summed E-state index contributed by atoms with van der Waals surface area (Å²) in [5.41, 5.74) is -1.87. The van der Waals surface area contributed by atoms with Crippen molar-refractivity contribution in [2.75, 3.05) is 6.61 Å². The SMILES string of the molecule is O=C(O)C1CCC(O)(COC(C(F)(F)F)C(F)(F)F)CC1. The summed E-state index contributed by atoms with van der Waals surface area (Å²) in [5, 5.41) is 18.6. The Morgan fingerprint density at radius 2 is 1.57 bits per heavy atom. The van der Waals surface area contributed by atoms with Gasteiger partial charge in [0.1, 0.15) is 0 Å². The van der Waals surface area contributed by atoms with Gasteiger partial charge < -0.3 is 14.9 Å². The molecular formula is C11H14F6O4. The molecular weight excluding hydrogens is 310 g/mol. The quantitative estimate of drug-likeness (QED) is 0.780. The first-order valence-electron chi connectivity index (χ1n) is 6.05. The number of carbonyl (C=O) groups is 1. The lowest BCUT2D eigenvalue weighted by Crippen LogP contribution is -2.48. The molecule has 0 radical (unpaired) electrons. The van der Waals surface area contributed by atoms with Gasteiger partial charge in [-0.1, -0.05) is 0 Å². The highest BCUT2D eigenvalue weighted by atomic mass is 19.4. The van der Waals surface area contributed by atoms with Crippen LogP contribution < -0.4 is 0 Å². The van der Waals surface area contributed by atoms with Crippen LogP contribution in [-0.4, -0.2) is 46.8 Å². The van der Waals surface area contributed by atoms with Crippen LogP contribution in [0.5, 0.6) is 0 Å². The van der Waals surface area contributed by atoms with Gasteiger partial charge in [0.25, 0.3) is 0 Å². The first kappa shape index (κ1) is 18.0. The molecule has 124 valence electrons. The fraction of sp³-hybridized carbons (Fsp3) is 0.909. The number of hydrogen-bond acceptors (Lipinski definition) is 3. The second kappa shape index (κ2) is 5.99. The molecule has 1 aliphatic carbocycles. The van der Waals surface area contributed by atoms with Gasteiger partial charge in [-0.3, -0.25) is 4.79 Å². The lowest BCUT2D eigenvalue weighted by Gasteiger charge is -2.35. The number of ether oxygens (including phenoxy) is 1. The molecule has 0 amide bonds. The van der Waals surface area contributed by atoms with Gasteiger partial charge in [-0.15, -0.1) is 0 Å². The lowest BCUT2D eigenvalue weighted by atomic mass is 9.79. The number of hydrogen-bond donors (Lipinski definition) is 2. The van der Waals surface area contributed by atoms with Crippen molar-refractivity contribution in [3.63, 3.8) is 0 Å². The maximum atomic E-state index is 12.3. The predicted molar refractivity (Wildman–Crippen MR) is 56.4 cm³/mol. The fourth-order valence-electron chi connectivity index (χ4n) is 2.16. The van der Waals surface area contributed by atoms with Crippen molar-refractivity contribution in [1.29, 1.82) is 0 Å². The maximum Gasteiger partial charge on any atom is 0.423 e. The molecule has 0 unspecified atom stereocenters. The Labute approximate surface area is 115 Å². The molecule has 1 aliphatic rings. The van der Waals surface area contributed by atoms with Gasteiger partial charge in [0.2, 0.25) is 6.10 Å². The number of rotatable bonds is 4. The van der Waals surface area contributed by atoms with E-state index in [0.29, 0.717) is 0 Å². The molecule has 1 saturated carbocycles. The Kier molecular flexibility index (Phi) is 5.14. The molecule has 0 aliphatic heterocycles. The lowest BCUT2D eigenvalue weighted by molar-refractivity contribution is -0.328. The number of aliphatic hydroxyl groups is 1. The molecule has 10 heteroatoms. The van der Waals surface area contributed by atoms with Gasteiger partial charge in [0.15, 0.2) is 0 Å². The van der Waals surface area contributed by atoms with Gasteiger partial charge in [0.05, 0.1) is 18.1 Å². The summed E-state index contributed by atoms with van der Waals surface area (Å²) < 4.78 is 77.4. The third kappa shape index (κ3) is 5.03. The molecule has 0 bridgehead atoms. The second-order valence-corrected chi connectivity index (χ2v) is 5.11. The normalized spacial score (nSPS) is 27.9. The highest BCUT2D eigenvalue weighted by Crippen LogP contribution is 2.38. The zero-order valence-corrected chi connectivity index (χ0v) is 10.7. The first-order valence-corrected chi connectivity index (χ1v) is 6.05. The van der Waals surface area contributed by atoms with E-state index in [1.165, 1.54) is 0 Å². The van der Waals surface area contributed by atoms with Crippen LogP contribution in [-0.2, 0) is 9.53 Å². The van der Waals surface area contributed by atoms with E-state index in [1.807, 2.05) is 0 Å². The van der Waals surface area contributed by atoms with E-state index in [0.717, 1.165) is 0 Å². The topological polar surface area (TPSA) is 66.8 Å². The maximum absolute atomic E-state index is 12.3. The van der Waals surface area contributed by atoms with E-state index in [1.54, 1.807) is 0 Å². The Hall–Kier alpha value is -1.03. The van der Waals surface area contributed by atoms with Crippen molar-refractivity contribution in [2.24, 2.45) is 5.92 Å². The van der Waals surface area contributed by atoms with Crippen LogP contribution in [0.15, 0.2) is 0 Å². The van der Waals surface area contributed by atoms with Gasteiger partial charge in [-0.2, -0.15) is 26.3 Å². The molecule has 0 heterocycles. The third-order valence-corrected chi connectivity index (χ3v) is 3.38. The van der Waals surface area contributed by atoms with E-state index in [9.17, 15) is 36.2 Å². The Morgan fingerprint density at radius 3 is 1.90 bits per heavy atom. The minimum atomic E-state index is -5.63. The van der Waals surface area contributed by atoms with Crippen molar-refractivity contribution in [1.82, 2.24) is 0 Å². The van der Waals surface area contributed by atoms with Crippen LogP contribution in [0.1, 0.15) is 25.7 Å². The number of alkyl halides is 6. The van der Waals surface area contributed by atoms with Crippen LogP contribution in [0.4, 0.5) is 26.3 Å². The average Bonchev–Trinajstić information content (AvgIpc) is 2.25. The van der Waals surface area contributed by atoms with E-state index in [4.69, 9.17) is 5.11 Å². The van der Waals surface area contributed by atoms with Crippen LogP contribution in [0.25, 0.3) is 0 Å². The van der Waals surface area contributed by atoms with Crippen molar-refractivity contribution in [3.05, 3.63) is 0 Å². The summed E-state index contributed by atoms with van der Waals surface area (Å²) in [4.78, 5) is 10.7. The van der Waals surface area contributed by atoms with Crippen molar-refractivity contribution in [3.8, 4) is 0 Å². The van der Waals surface area contributed by atoms with Crippen molar-refractivity contribution in [2.45, 2.75) is 49.7 Å². The molecule has 1 fully saturated rings. The number of aliphatic carboxylic acids is 1. The fourth-order valence-corrected chi connectivity index (χ4v) is 2.16. The standard InChI is InChI=1S/C11H14F6O4/c12-10(13,14)8(11(15,16)17)21-5-9(20)3-1-6(2-4-9)7(18)19/h6,8,20H,1-5H2,(H,18,19). The van der Waals surface area contributed by atoms with Gasteiger partial charge in [-0.05, 0) is 25.7 Å². The van der Waals surface area contributed by atoms with Crippen LogP contribution in [0.3, 0.4) is 0 Å². The summed E-state index contributed by atoms with van der Waals surface area (Å²) in [5.74, 6) is -1.87. The molecule has 0 aromatic heterocycles. The number of carboxylic acid groups (broad SMARTS) is 1. The number of carboxylic acids is 1. The van der Waals surface area contributed by atoms with Gasteiger partial charge >= 0.3 is 18.3 Å². The minimum Gasteiger partial charge on any atom is -0.481 e. The van der Waals surface area contributed by atoms with Crippen molar-refractivity contribution >= 4 is 5.97 Å². The number of halogens is 6. The average molecular weight is 324 g/mol. The van der Waals surface area contributed by atoms with Gasteiger partial charge in [0, 0.05) is 0 Å². The molecule has 0 spiro atoms. The largest absolute Gasteiger partial charge is 0.481 e. The van der Waals surface area contributed by atoms with Gasteiger partial charge in [-0.25, -0.2) is 0 Å². The molecule has 0 aromatic carbocycles. The van der Waals surface area contributed by atoms with E-state index >= 15 is 0 Å². The third-order valence-electron chi connectivity index (χ3n) is 3.38. The van der Waals surface area contributed by atoms with E-state index in [-0.39, 0.29) is 25.7 Å². The van der Waals surface area contributed by atoms with Crippen LogP contribution in [0.2, 0.25) is 0 Å². The second-order valence-electron chi connectivity index (χ2n) is 5.11. The van der Waals surface area contributed by atoms with E-state index in [2.05, 4.69) is 4.74 Å². The Bertz CT molecular complexity index is 356. The summed E-state index contributed by atoms with van der Waals surface area (Å²) in [6, 6.07) is 0. The molecule has 4 nitrogen and oxygen atoms in total. The van der Waals surface area contributed by atoms with Crippen LogP contribution >= 0.6 is 0 Å². The summed E-state index contributed by atoms with van der Waals surface area (Å²) in [7, 11) is 0. The molecule has 0 aromatic rings. The monoisotopic (exact) mass is 324 g/mol. The Balaban J connectivity index is 2.63. The van der Waals surface area contributed by atoms with E-state index < -0.39 is 42.6 Å². The van der Waals surface area contributed by atoms with Crippen LogP contribution in [0, 0.1) is 5.92 Å². The highest BCUT2D eigenvalue weighted by Gasteiger charge is 2.58. The molecule has 2 N–H and O–H groups in total. The zero-order chi connectivity index (χ0) is 16.5. The molecule has 0 saturated heterocycles. The predicted octanol–water partition coefficient (Wildman–Crippen LogP) is 2.50. The molecule has 21 heavy (non-hydrogen) atoms. The highest BCUT2D eigenvalue weighted by molar-refractivity contribution is 5.70. The summed E-state index contributed by atoms with van der Waals surface area (Å²) in [6.45, 7) is -1.15. The first-order chi connectivity index (χ1) is 9.35. The van der Waals surface area contributed by atoms with Crippen molar-refractivity contribution < 1.29 is 46.1 Å².